The van der Waals surface area contributed by atoms with Gasteiger partial charge in [0.2, 0.25) is 5.91 Å². The monoisotopic (exact) mass is 404 g/mol. The molecule has 2 aromatic carbocycles. The fourth-order valence-electron chi connectivity index (χ4n) is 3.59. The topological polar surface area (TPSA) is 89.0 Å². The summed E-state index contributed by atoms with van der Waals surface area (Å²) in [4.78, 5) is 32.2. The van der Waals surface area contributed by atoms with Crippen molar-refractivity contribution < 1.29 is 9.53 Å². The number of amides is 1. The van der Waals surface area contributed by atoms with Gasteiger partial charge in [0.25, 0.3) is 5.56 Å². The first-order valence-corrected chi connectivity index (χ1v) is 10.0. The second-order valence-corrected chi connectivity index (χ2v) is 7.19. The predicted octanol–water partition coefficient (Wildman–Crippen LogP) is 3.03. The minimum Gasteiger partial charge on any atom is -0.497 e. The Hall–Kier alpha value is -3.61. The number of carbonyl (C=O) groups excluding carboxylic acids is 1. The molecule has 7 heteroatoms. The number of fused-ring (bicyclic) bond motifs is 2. The Morgan fingerprint density at radius 3 is 2.93 bits per heavy atom. The minimum atomic E-state index is -0.0734. The fourth-order valence-corrected chi connectivity index (χ4v) is 3.59. The molecule has 7 nitrogen and oxygen atoms in total. The molecule has 0 atom stereocenters. The van der Waals surface area contributed by atoms with Crippen LogP contribution in [0.15, 0.2) is 59.8 Å². The van der Waals surface area contributed by atoms with E-state index in [0.29, 0.717) is 36.8 Å². The maximum atomic E-state index is 12.5. The van der Waals surface area contributed by atoms with Crippen LogP contribution in [0.4, 0.5) is 0 Å². The van der Waals surface area contributed by atoms with Gasteiger partial charge in [0, 0.05) is 36.6 Å². The number of rotatable bonds is 8. The van der Waals surface area contributed by atoms with E-state index >= 15 is 0 Å². The summed E-state index contributed by atoms with van der Waals surface area (Å²) >= 11 is 0. The van der Waals surface area contributed by atoms with Crippen molar-refractivity contribution in [2.75, 3.05) is 13.7 Å². The lowest BCUT2D eigenvalue weighted by Gasteiger charge is -2.08. The number of ether oxygens (including phenoxy) is 1. The van der Waals surface area contributed by atoms with Crippen LogP contribution < -0.4 is 15.6 Å². The smallest absolute Gasteiger partial charge is 0.261 e. The molecular weight excluding hydrogens is 380 g/mol. The zero-order valence-corrected chi connectivity index (χ0v) is 16.9. The van der Waals surface area contributed by atoms with Crippen LogP contribution in [0.25, 0.3) is 21.8 Å². The van der Waals surface area contributed by atoms with Crippen LogP contribution in [-0.2, 0) is 17.8 Å². The van der Waals surface area contributed by atoms with Crippen molar-refractivity contribution in [3.05, 3.63) is 70.9 Å². The molecule has 2 N–H and O–H groups in total. The average Bonchev–Trinajstić information content (AvgIpc) is 3.17. The summed E-state index contributed by atoms with van der Waals surface area (Å²) in [5, 5.41) is 4.66. The van der Waals surface area contributed by atoms with Gasteiger partial charge in [-0.1, -0.05) is 12.1 Å². The molecule has 0 aliphatic carbocycles. The number of aryl methyl sites for hydroxylation is 1. The van der Waals surface area contributed by atoms with E-state index in [1.54, 1.807) is 24.1 Å². The minimum absolute atomic E-state index is 0.0192. The summed E-state index contributed by atoms with van der Waals surface area (Å²) in [6, 6.07) is 13.2. The molecular formula is C23H24N4O3. The molecule has 2 heterocycles. The quantitative estimate of drug-likeness (QED) is 0.472. The van der Waals surface area contributed by atoms with Gasteiger partial charge in [0.15, 0.2) is 0 Å². The van der Waals surface area contributed by atoms with E-state index in [2.05, 4.69) is 15.3 Å². The number of benzene rings is 2. The molecule has 4 aromatic rings. The van der Waals surface area contributed by atoms with Crippen LogP contribution in [-0.4, -0.2) is 34.1 Å². The molecule has 30 heavy (non-hydrogen) atoms. The van der Waals surface area contributed by atoms with E-state index in [1.165, 1.54) is 0 Å². The van der Waals surface area contributed by atoms with Gasteiger partial charge in [0.05, 0.1) is 24.3 Å². The van der Waals surface area contributed by atoms with Crippen molar-refractivity contribution in [1.82, 2.24) is 19.9 Å². The molecule has 1 amide bonds. The number of carbonyl (C=O) groups is 1. The summed E-state index contributed by atoms with van der Waals surface area (Å²) in [7, 11) is 1.65. The predicted molar refractivity (Wildman–Crippen MR) is 117 cm³/mol. The maximum absolute atomic E-state index is 12.5. The van der Waals surface area contributed by atoms with Crippen LogP contribution >= 0.6 is 0 Å². The van der Waals surface area contributed by atoms with E-state index in [-0.39, 0.29) is 11.5 Å². The zero-order valence-electron chi connectivity index (χ0n) is 16.9. The van der Waals surface area contributed by atoms with Crippen LogP contribution in [0.1, 0.15) is 18.4 Å². The number of nitrogens with zero attached hydrogens (tertiary/aromatic N) is 2. The second-order valence-electron chi connectivity index (χ2n) is 7.19. The standard InChI is InChI=1S/C23H24N4O3/c1-30-17-8-9-21-19(13-17)16(14-25-21)10-11-24-22(28)7-4-12-27-15-26-20-6-3-2-5-18(20)23(27)29/h2-3,5-6,8-9,13-15,25H,4,7,10-12H2,1H3,(H,24,28). The number of methoxy groups -OCH3 is 1. The highest BCUT2D eigenvalue weighted by Crippen LogP contribution is 2.23. The molecule has 4 rings (SSSR count). The zero-order chi connectivity index (χ0) is 20.9. The van der Waals surface area contributed by atoms with Gasteiger partial charge in [-0.05, 0) is 48.7 Å². The molecule has 0 aliphatic rings. The first-order chi connectivity index (χ1) is 14.7. The first kappa shape index (κ1) is 19.7. The van der Waals surface area contributed by atoms with Crippen molar-refractivity contribution in [2.45, 2.75) is 25.8 Å². The van der Waals surface area contributed by atoms with E-state index in [0.717, 1.165) is 28.6 Å². The van der Waals surface area contributed by atoms with Gasteiger partial charge in [0.1, 0.15) is 5.75 Å². The van der Waals surface area contributed by atoms with Crippen LogP contribution in [0.5, 0.6) is 5.75 Å². The second kappa shape index (κ2) is 8.82. The molecule has 0 aliphatic heterocycles. The number of hydrogen-bond donors (Lipinski definition) is 2. The summed E-state index contributed by atoms with van der Waals surface area (Å²) in [6.07, 6.45) is 5.19. The number of para-hydroxylation sites is 1. The third-order valence-corrected chi connectivity index (χ3v) is 5.23. The van der Waals surface area contributed by atoms with Crippen LogP contribution in [0, 0.1) is 0 Å². The Morgan fingerprint density at radius 2 is 2.07 bits per heavy atom. The van der Waals surface area contributed by atoms with Gasteiger partial charge >= 0.3 is 0 Å². The van der Waals surface area contributed by atoms with Crippen molar-refractivity contribution in [3.63, 3.8) is 0 Å². The normalized spacial score (nSPS) is 11.1. The average molecular weight is 404 g/mol. The summed E-state index contributed by atoms with van der Waals surface area (Å²) in [5.74, 6) is 0.792. The Kier molecular flexibility index (Phi) is 5.79. The van der Waals surface area contributed by atoms with Gasteiger partial charge in [-0.25, -0.2) is 4.98 Å². The maximum Gasteiger partial charge on any atom is 0.261 e. The number of nitrogens with one attached hydrogen (secondary N) is 2. The molecule has 0 saturated heterocycles. The van der Waals surface area contributed by atoms with Crippen molar-refractivity contribution in [2.24, 2.45) is 0 Å². The number of hydrogen-bond acceptors (Lipinski definition) is 4. The summed E-state index contributed by atoms with van der Waals surface area (Å²) in [5.41, 5.74) is 2.80. The molecule has 0 spiro atoms. The highest BCUT2D eigenvalue weighted by Gasteiger charge is 2.08. The van der Waals surface area contributed by atoms with Crippen molar-refractivity contribution >= 4 is 27.7 Å². The molecule has 0 unspecified atom stereocenters. The molecule has 154 valence electrons. The number of H-pyrrole nitrogens is 1. The van der Waals surface area contributed by atoms with Gasteiger partial charge in [-0.15, -0.1) is 0 Å². The van der Waals surface area contributed by atoms with Gasteiger partial charge in [-0.3, -0.25) is 14.2 Å². The lowest BCUT2D eigenvalue weighted by molar-refractivity contribution is -0.121. The highest BCUT2D eigenvalue weighted by molar-refractivity contribution is 5.84. The molecule has 0 bridgehead atoms. The SMILES string of the molecule is COc1ccc2[nH]cc(CCNC(=O)CCCn3cnc4ccccc4c3=O)c2c1. The molecule has 0 saturated carbocycles. The number of aromatic nitrogens is 3. The highest BCUT2D eigenvalue weighted by atomic mass is 16.5. The van der Waals surface area contributed by atoms with E-state index in [4.69, 9.17) is 4.74 Å². The van der Waals surface area contributed by atoms with Crippen LogP contribution in [0.2, 0.25) is 0 Å². The first-order valence-electron chi connectivity index (χ1n) is 10.0. The van der Waals surface area contributed by atoms with Crippen LogP contribution in [0.3, 0.4) is 0 Å². The summed E-state index contributed by atoms with van der Waals surface area (Å²) in [6.45, 7) is 1.02. The van der Waals surface area contributed by atoms with Crippen molar-refractivity contribution in [1.29, 1.82) is 0 Å². The number of aromatic amines is 1. The van der Waals surface area contributed by atoms with Gasteiger partial charge < -0.3 is 15.0 Å². The third kappa shape index (κ3) is 4.20. The van der Waals surface area contributed by atoms with Crippen molar-refractivity contribution in [3.8, 4) is 5.75 Å². The van der Waals surface area contributed by atoms with E-state index < -0.39 is 0 Å². The molecule has 2 aromatic heterocycles. The largest absolute Gasteiger partial charge is 0.497 e. The van der Waals surface area contributed by atoms with Gasteiger partial charge in [-0.2, -0.15) is 0 Å². The Bertz CT molecular complexity index is 1240. The van der Waals surface area contributed by atoms with E-state index in [1.807, 2.05) is 42.6 Å². The summed E-state index contributed by atoms with van der Waals surface area (Å²) < 4.78 is 6.85. The molecule has 0 fully saturated rings. The van der Waals surface area contributed by atoms with E-state index in [9.17, 15) is 9.59 Å². The fraction of sp³-hybridized carbons (Fsp3) is 0.261. The lowest BCUT2D eigenvalue weighted by atomic mass is 10.1. The Morgan fingerprint density at radius 1 is 1.20 bits per heavy atom. The Labute approximate surface area is 173 Å². The third-order valence-electron chi connectivity index (χ3n) is 5.23. The molecule has 0 radical (unpaired) electrons. The lowest BCUT2D eigenvalue weighted by Crippen LogP contribution is -2.26. The Balaban J connectivity index is 1.27.